The van der Waals surface area contributed by atoms with Crippen molar-refractivity contribution in [1.29, 1.82) is 0 Å². The molecule has 46 heavy (non-hydrogen) atoms. The summed E-state index contributed by atoms with van der Waals surface area (Å²) in [5, 5.41) is 28.8. The number of carbonyl (C=O) groups excluding carboxylic acids is 2. The Labute approximate surface area is 268 Å². The second-order valence-electron chi connectivity index (χ2n) is 12.5. The van der Waals surface area contributed by atoms with Crippen LogP contribution in [0.5, 0.6) is 0 Å². The lowest BCUT2D eigenvalue weighted by Crippen LogP contribution is -2.41. The molecule has 3 heterocycles. The number of carbonyl (C=O) groups is 2. The van der Waals surface area contributed by atoms with Crippen LogP contribution in [0, 0.1) is 0 Å². The molecule has 17 heteroatoms. The van der Waals surface area contributed by atoms with Gasteiger partial charge in [-0.05, 0) is 71.1 Å². The molecule has 1 aliphatic heterocycles. The SMILES string of the molecule is CC1(Nc2ncc(C(N)=O)c(N[C@@H]3CCC[C@H](O)C3)n2)CCOCC1.CS(=O)(=O)c1ncc(C(N)=O)c(N[C@@H]2CCC[C@H](O)C2)n1. The Morgan fingerprint density at radius 2 is 1.37 bits per heavy atom. The lowest BCUT2D eigenvalue weighted by molar-refractivity contribution is 0.0656. The maximum absolute atomic E-state index is 11.7. The number of hydrogen-bond donors (Lipinski definition) is 7. The number of rotatable bonds is 9. The molecule has 0 spiro atoms. The minimum atomic E-state index is -3.58. The molecule has 4 atom stereocenters. The van der Waals surface area contributed by atoms with Gasteiger partial charge in [0.2, 0.25) is 20.9 Å². The Hall–Kier alpha value is -3.67. The van der Waals surface area contributed by atoms with Gasteiger partial charge >= 0.3 is 0 Å². The first-order chi connectivity index (χ1) is 21.7. The predicted octanol–water partition coefficient (Wildman–Crippen LogP) is 0.966. The first-order valence-corrected chi connectivity index (χ1v) is 17.4. The van der Waals surface area contributed by atoms with Crippen LogP contribution >= 0.6 is 0 Å². The summed E-state index contributed by atoms with van der Waals surface area (Å²) in [4.78, 5) is 39.4. The monoisotopic (exact) mass is 663 g/mol. The third-order valence-corrected chi connectivity index (χ3v) is 9.26. The maximum atomic E-state index is 11.7. The topological polar surface area (TPSA) is 258 Å². The molecule has 1 saturated heterocycles. The van der Waals surface area contributed by atoms with Gasteiger partial charge in [-0.3, -0.25) is 9.59 Å². The zero-order chi connectivity index (χ0) is 33.5. The van der Waals surface area contributed by atoms with E-state index in [9.17, 15) is 28.2 Å². The van der Waals surface area contributed by atoms with Crippen molar-refractivity contribution in [3.63, 3.8) is 0 Å². The Morgan fingerprint density at radius 3 is 1.85 bits per heavy atom. The van der Waals surface area contributed by atoms with Gasteiger partial charge in [-0.15, -0.1) is 0 Å². The van der Waals surface area contributed by atoms with Crippen LogP contribution in [0.25, 0.3) is 0 Å². The normalized spacial score (nSPS) is 24.5. The number of aromatic nitrogens is 4. The average molecular weight is 664 g/mol. The van der Waals surface area contributed by atoms with E-state index in [1.807, 2.05) is 0 Å². The lowest BCUT2D eigenvalue weighted by Gasteiger charge is -2.34. The van der Waals surface area contributed by atoms with Crippen molar-refractivity contribution in [3.05, 3.63) is 23.5 Å². The fourth-order valence-corrected chi connectivity index (χ4v) is 6.26. The molecule has 3 aliphatic rings. The number of hydrogen-bond acceptors (Lipinski definition) is 14. The number of sulfone groups is 1. The molecule has 0 aromatic carbocycles. The summed E-state index contributed by atoms with van der Waals surface area (Å²) < 4.78 is 28.4. The summed E-state index contributed by atoms with van der Waals surface area (Å²) in [6, 6.07) is -0.0163. The molecule has 2 aromatic rings. The van der Waals surface area contributed by atoms with E-state index in [0.717, 1.165) is 63.8 Å². The molecule has 0 unspecified atom stereocenters. The molecular weight excluding hydrogens is 618 g/mol. The number of primary amides is 2. The van der Waals surface area contributed by atoms with Gasteiger partial charge in [0.15, 0.2) is 0 Å². The van der Waals surface area contributed by atoms with Crippen LogP contribution in [0.4, 0.5) is 17.6 Å². The molecule has 16 nitrogen and oxygen atoms in total. The molecule has 5 rings (SSSR count). The van der Waals surface area contributed by atoms with Gasteiger partial charge in [-0.2, -0.15) is 4.98 Å². The van der Waals surface area contributed by atoms with E-state index >= 15 is 0 Å². The van der Waals surface area contributed by atoms with Crippen LogP contribution in [0.2, 0.25) is 0 Å². The van der Waals surface area contributed by atoms with Crippen molar-refractivity contribution < 1.29 is 33.0 Å². The van der Waals surface area contributed by atoms with Crippen LogP contribution in [-0.4, -0.2) is 99.7 Å². The summed E-state index contributed by atoms with van der Waals surface area (Å²) in [6.45, 7) is 3.52. The number of aliphatic hydroxyl groups is 2. The maximum Gasteiger partial charge on any atom is 0.254 e. The quantitative estimate of drug-likeness (QED) is 0.185. The first kappa shape index (κ1) is 35.2. The molecule has 2 aliphatic carbocycles. The largest absolute Gasteiger partial charge is 0.393 e. The highest BCUT2D eigenvalue weighted by atomic mass is 32.2. The van der Waals surface area contributed by atoms with Crippen molar-refractivity contribution in [1.82, 2.24) is 19.9 Å². The van der Waals surface area contributed by atoms with E-state index in [4.69, 9.17) is 16.2 Å². The van der Waals surface area contributed by atoms with Crippen molar-refractivity contribution in [3.8, 4) is 0 Å². The van der Waals surface area contributed by atoms with Crippen molar-refractivity contribution in [2.24, 2.45) is 11.5 Å². The summed E-state index contributed by atoms with van der Waals surface area (Å²) in [5.74, 6) is -0.318. The van der Waals surface area contributed by atoms with Crippen LogP contribution in [-0.2, 0) is 14.6 Å². The highest BCUT2D eigenvalue weighted by molar-refractivity contribution is 7.90. The summed E-state index contributed by atoms with van der Waals surface area (Å²) in [7, 11) is -3.58. The third-order valence-electron chi connectivity index (χ3n) is 8.40. The minimum Gasteiger partial charge on any atom is -0.393 e. The molecule has 0 radical (unpaired) electrons. The first-order valence-electron chi connectivity index (χ1n) is 15.5. The molecule has 2 aromatic heterocycles. The Morgan fingerprint density at radius 1 is 0.870 bits per heavy atom. The van der Waals surface area contributed by atoms with Gasteiger partial charge in [0.25, 0.3) is 11.8 Å². The van der Waals surface area contributed by atoms with E-state index in [2.05, 4.69) is 42.8 Å². The van der Waals surface area contributed by atoms with E-state index in [1.165, 1.54) is 6.20 Å². The molecule has 254 valence electrons. The Balaban J connectivity index is 0.000000212. The van der Waals surface area contributed by atoms with Gasteiger partial charge in [0.1, 0.15) is 11.6 Å². The van der Waals surface area contributed by atoms with Crippen LogP contribution in [0.15, 0.2) is 17.6 Å². The standard InChI is InChI=1S/C17H27N5O3.C12H18N4O4S/c1-17(5-7-25-8-6-17)22-16-19-10-13(14(18)24)15(21-16)20-11-3-2-4-12(23)9-11;1-21(19,20)12-14-6-9(10(13)18)11(16-12)15-7-3-2-4-8(17)5-7/h10-12,23H,2-9H2,1H3,(H2,18,24)(H2,19,20,21,22);6-8,17H,2-5H2,1H3,(H2,13,18)(H,14,15,16)/t11-,12+;7-,8+/m11/s1. The minimum absolute atomic E-state index is 0.0301. The fourth-order valence-electron chi connectivity index (χ4n) is 5.76. The molecular formula is C29H45N9O7S. The number of nitrogens with two attached hydrogens (primary N) is 2. The highest BCUT2D eigenvalue weighted by Crippen LogP contribution is 2.27. The van der Waals surface area contributed by atoms with E-state index < -0.39 is 27.8 Å². The number of nitrogens with zero attached hydrogens (tertiary/aromatic N) is 4. The van der Waals surface area contributed by atoms with Gasteiger partial charge < -0.3 is 42.4 Å². The third kappa shape index (κ3) is 9.91. The summed E-state index contributed by atoms with van der Waals surface area (Å²) in [6.07, 6.45) is 10.8. The van der Waals surface area contributed by atoms with Crippen molar-refractivity contribution >= 4 is 39.2 Å². The number of aliphatic hydroxyl groups excluding tert-OH is 2. The highest BCUT2D eigenvalue weighted by Gasteiger charge is 2.29. The van der Waals surface area contributed by atoms with Crippen LogP contribution in [0.3, 0.4) is 0 Å². The van der Waals surface area contributed by atoms with E-state index in [-0.39, 0.29) is 45.8 Å². The molecule has 3 fully saturated rings. The van der Waals surface area contributed by atoms with Gasteiger partial charge in [0.05, 0.1) is 23.3 Å². The van der Waals surface area contributed by atoms with Crippen LogP contribution < -0.4 is 27.4 Å². The molecule has 9 N–H and O–H groups in total. The van der Waals surface area contributed by atoms with Crippen LogP contribution in [0.1, 0.15) is 91.8 Å². The summed E-state index contributed by atoms with van der Waals surface area (Å²) >= 11 is 0. The second-order valence-corrected chi connectivity index (χ2v) is 14.4. The fraction of sp³-hybridized carbons (Fsp3) is 0.655. The predicted molar refractivity (Wildman–Crippen MR) is 170 cm³/mol. The zero-order valence-corrected chi connectivity index (χ0v) is 27.1. The number of nitrogens with one attached hydrogen (secondary N) is 3. The van der Waals surface area contributed by atoms with E-state index in [0.29, 0.717) is 37.8 Å². The van der Waals surface area contributed by atoms with Crippen molar-refractivity contribution in [2.45, 2.75) is 106 Å². The lowest BCUT2D eigenvalue weighted by atomic mass is 9.93. The smallest absolute Gasteiger partial charge is 0.254 e. The number of anilines is 3. The number of ether oxygens (including phenoxy) is 1. The van der Waals surface area contributed by atoms with Gasteiger partial charge in [0, 0.05) is 49.5 Å². The molecule has 0 bridgehead atoms. The second kappa shape index (κ2) is 15.3. The zero-order valence-electron chi connectivity index (χ0n) is 26.2. The summed E-state index contributed by atoms with van der Waals surface area (Å²) in [5.41, 5.74) is 10.9. The van der Waals surface area contributed by atoms with Crippen molar-refractivity contribution in [2.75, 3.05) is 35.4 Å². The van der Waals surface area contributed by atoms with E-state index in [1.54, 1.807) is 0 Å². The van der Waals surface area contributed by atoms with Gasteiger partial charge in [-0.1, -0.05) is 0 Å². The van der Waals surface area contributed by atoms with Gasteiger partial charge in [-0.25, -0.2) is 23.4 Å². The molecule has 2 saturated carbocycles. The average Bonchev–Trinajstić information content (AvgIpc) is 2.97. The number of amides is 2. The molecule has 2 amide bonds. The Bertz CT molecular complexity index is 1490. The Kier molecular flexibility index (Phi) is 11.7.